The second-order valence-electron chi connectivity index (χ2n) is 12.8. The van der Waals surface area contributed by atoms with E-state index >= 15 is 0 Å². The van der Waals surface area contributed by atoms with Crippen molar-refractivity contribution in [3.63, 3.8) is 0 Å². The molecule has 0 saturated carbocycles. The fourth-order valence-corrected chi connectivity index (χ4v) is 5.66. The minimum absolute atomic E-state index is 0.00819. The lowest BCUT2D eigenvalue weighted by Crippen LogP contribution is -2.74. The molecule has 2 saturated heterocycles. The summed E-state index contributed by atoms with van der Waals surface area (Å²) in [5.74, 6) is -3.31. The Balaban J connectivity index is 1.92. The van der Waals surface area contributed by atoms with Crippen molar-refractivity contribution in [1.29, 1.82) is 0 Å². The van der Waals surface area contributed by atoms with Crippen molar-refractivity contribution in [3.05, 3.63) is 11.1 Å². The Hall–Kier alpha value is -3.84. The van der Waals surface area contributed by atoms with Crippen LogP contribution in [0.15, 0.2) is 10.5 Å². The molecule has 2 aliphatic rings. The molecule has 1 aromatic rings. The summed E-state index contributed by atoms with van der Waals surface area (Å²) in [6.07, 6.45) is -0.0689. The number of hydrogen-bond acceptors (Lipinski definition) is 13. The molecule has 3 heterocycles. The Morgan fingerprint density at radius 3 is 2.24 bits per heavy atom. The van der Waals surface area contributed by atoms with Crippen LogP contribution in [0.3, 0.4) is 0 Å². The molecule has 17 nitrogen and oxygen atoms in total. The van der Waals surface area contributed by atoms with E-state index in [9.17, 15) is 36.9 Å². The second-order valence-corrected chi connectivity index (χ2v) is 14.9. The van der Waals surface area contributed by atoms with E-state index in [2.05, 4.69) is 20.8 Å². The van der Waals surface area contributed by atoms with Crippen LogP contribution in [0.4, 0.5) is 9.93 Å². The lowest BCUT2D eigenvalue weighted by atomic mass is 9.97. The Morgan fingerprint density at radius 2 is 1.71 bits per heavy atom. The first-order valence-corrected chi connectivity index (χ1v) is 16.1. The molecule has 3 rings (SSSR count). The van der Waals surface area contributed by atoms with E-state index in [1.165, 1.54) is 24.1 Å². The Kier molecular flexibility index (Phi) is 10.2. The number of oxime groups is 1. The molecule has 0 aromatic carbocycles. The number of thiazole rings is 1. The fraction of sp³-hybridized carbons (Fsp3) is 0.654. The highest BCUT2D eigenvalue weighted by molar-refractivity contribution is 7.84. The van der Waals surface area contributed by atoms with Gasteiger partial charge in [-0.05, 0) is 61.8 Å². The number of anilines is 1. The number of rotatable bonds is 10. The molecule has 0 bridgehead atoms. The predicted molar refractivity (Wildman–Crippen MR) is 159 cm³/mol. The van der Waals surface area contributed by atoms with Gasteiger partial charge in [-0.1, -0.05) is 5.16 Å². The van der Waals surface area contributed by atoms with Crippen molar-refractivity contribution < 1.29 is 51.3 Å². The lowest BCUT2D eigenvalue weighted by Gasteiger charge is -2.45. The normalized spacial score (nSPS) is 19.6. The minimum atomic E-state index is -5.01. The van der Waals surface area contributed by atoms with Crippen molar-refractivity contribution in [1.82, 2.24) is 19.5 Å². The van der Waals surface area contributed by atoms with Crippen molar-refractivity contribution in [3.8, 4) is 0 Å². The summed E-state index contributed by atoms with van der Waals surface area (Å²) in [7, 11) is -5.01. The fourth-order valence-electron chi connectivity index (χ4n) is 4.11. The SMILES string of the molecule is CC(C)(C)OC(=O)Nc1nc(/C(=N/OC(C)(C)C(=O)OC(C)(C)C)C(=O)N[C@@H]2C(=O)N(S(=O)(=O)O)[C@@H]2CN2CCCC2=O)cs1. The number of esters is 1. The summed E-state index contributed by atoms with van der Waals surface area (Å²) in [6, 6.07) is -2.81. The quantitative estimate of drug-likeness (QED) is 0.105. The Labute approximate surface area is 264 Å². The van der Waals surface area contributed by atoms with E-state index in [0.29, 0.717) is 13.0 Å². The van der Waals surface area contributed by atoms with Crippen LogP contribution in [0.25, 0.3) is 0 Å². The number of β-lactam (4-membered cyclic amide) rings is 1. The highest BCUT2D eigenvalue weighted by Gasteiger charge is 2.55. The van der Waals surface area contributed by atoms with Crippen LogP contribution in [0.5, 0.6) is 0 Å². The van der Waals surface area contributed by atoms with Gasteiger partial charge in [0.1, 0.15) is 22.9 Å². The summed E-state index contributed by atoms with van der Waals surface area (Å²) in [4.78, 5) is 74.5. The van der Waals surface area contributed by atoms with Crippen molar-refractivity contribution in [2.45, 2.75) is 97.1 Å². The van der Waals surface area contributed by atoms with Crippen molar-refractivity contribution in [2.75, 3.05) is 18.4 Å². The summed E-state index contributed by atoms with van der Waals surface area (Å²) < 4.78 is 44.2. The van der Waals surface area contributed by atoms with Gasteiger partial charge in [0, 0.05) is 24.9 Å². The van der Waals surface area contributed by atoms with E-state index in [4.69, 9.17) is 14.3 Å². The summed E-state index contributed by atoms with van der Waals surface area (Å²) >= 11 is 0.899. The number of nitrogens with zero attached hydrogens (tertiary/aromatic N) is 4. The van der Waals surface area contributed by atoms with Gasteiger partial charge in [-0.3, -0.25) is 24.3 Å². The number of carbonyl (C=O) groups is 5. The first kappa shape index (κ1) is 35.6. The molecular formula is C26H38N6O11S2. The topological polar surface area (TPSA) is 223 Å². The van der Waals surface area contributed by atoms with E-state index < -0.39 is 68.8 Å². The van der Waals surface area contributed by atoms with Crippen LogP contribution < -0.4 is 10.6 Å². The minimum Gasteiger partial charge on any atom is -0.457 e. The number of amides is 4. The van der Waals surface area contributed by atoms with Gasteiger partial charge in [-0.2, -0.15) is 8.42 Å². The summed E-state index contributed by atoms with van der Waals surface area (Å²) in [5.41, 5.74) is -4.07. The maximum atomic E-state index is 13.6. The monoisotopic (exact) mass is 674 g/mol. The van der Waals surface area contributed by atoms with E-state index in [1.54, 1.807) is 41.5 Å². The van der Waals surface area contributed by atoms with Crippen LogP contribution in [0.1, 0.15) is 73.9 Å². The van der Waals surface area contributed by atoms with Gasteiger partial charge in [0.15, 0.2) is 10.8 Å². The Morgan fingerprint density at radius 1 is 1.09 bits per heavy atom. The lowest BCUT2D eigenvalue weighted by molar-refractivity contribution is -0.179. The number of aromatic nitrogens is 1. The molecule has 0 spiro atoms. The number of hydrogen-bond donors (Lipinski definition) is 3. The van der Waals surface area contributed by atoms with Gasteiger partial charge in [0.05, 0.1) is 6.04 Å². The highest BCUT2D eigenvalue weighted by Crippen LogP contribution is 2.27. The molecule has 1 aromatic heterocycles. The molecule has 0 unspecified atom stereocenters. The average Bonchev–Trinajstić information content (AvgIpc) is 3.47. The summed E-state index contributed by atoms with van der Waals surface area (Å²) in [5, 5.41) is 10.0. The van der Waals surface area contributed by atoms with Gasteiger partial charge >= 0.3 is 22.4 Å². The van der Waals surface area contributed by atoms with Gasteiger partial charge in [-0.25, -0.2) is 18.9 Å². The third-order valence-corrected chi connectivity index (χ3v) is 7.81. The number of likely N-dealkylation sites (tertiary alicyclic amines) is 1. The van der Waals surface area contributed by atoms with Crippen LogP contribution in [-0.4, -0.2) is 105 Å². The van der Waals surface area contributed by atoms with E-state index in [-0.39, 0.29) is 34.0 Å². The Bertz CT molecular complexity index is 1490. The molecule has 250 valence electrons. The first-order chi connectivity index (χ1) is 20.5. The van der Waals surface area contributed by atoms with E-state index in [0.717, 1.165) is 11.3 Å². The van der Waals surface area contributed by atoms with Crippen LogP contribution in [0, 0.1) is 0 Å². The number of nitrogens with one attached hydrogen (secondary N) is 2. The molecule has 4 amide bonds. The van der Waals surface area contributed by atoms with Gasteiger partial charge in [0.25, 0.3) is 11.8 Å². The molecule has 2 atom stereocenters. The average molecular weight is 675 g/mol. The summed E-state index contributed by atoms with van der Waals surface area (Å²) in [6.45, 7) is 12.7. The van der Waals surface area contributed by atoms with Gasteiger partial charge < -0.3 is 24.5 Å². The van der Waals surface area contributed by atoms with Crippen LogP contribution >= 0.6 is 11.3 Å². The zero-order valence-corrected chi connectivity index (χ0v) is 27.8. The second kappa shape index (κ2) is 12.9. The maximum absolute atomic E-state index is 13.6. The van der Waals surface area contributed by atoms with Crippen LogP contribution in [0.2, 0.25) is 0 Å². The first-order valence-electron chi connectivity index (χ1n) is 13.8. The molecule has 0 aliphatic carbocycles. The molecule has 2 aliphatic heterocycles. The standard InChI is InChI=1S/C26H38N6O11S2/c1-24(2,3)41-21(36)26(7,8)43-30-17(14-13-44-22(27-14)29-23(37)42-25(4,5)6)19(34)28-18-15(12-31-11-9-10-16(31)33)32(20(18)35)45(38,39)40/h13,15,18H,9-12H2,1-8H3,(H,28,34)(H,27,29,37)(H,38,39,40)/b30-17-/t15-,18+/m1/s1. The molecule has 2 fully saturated rings. The van der Waals surface area contributed by atoms with E-state index in [1.807, 2.05) is 0 Å². The third-order valence-electron chi connectivity index (χ3n) is 6.11. The predicted octanol–water partition coefficient (Wildman–Crippen LogP) is 1.45. The zero-order chi connectivity index (χ0) is 34.1. The van der Waals surface area contributed by atoms with Gasteiger partial charge in [0.2, 0.25) is 11.5 Å². The van der Waals surface area contributed by atoms with Gasteiger partial charge in [-0.15, -0.1) is 11.3 Å². The van der Waals surface area contributed by atoms with Crippen molar-refractivity contribution in [2.24, 2.45) is 5.16 Å². The number of carbonyl (C=O) groups excluding carboxylic acids is 5. The smallest absolute Gasteiger partial charge is 0.413 e. The van der Waals surface area contributed by atoms with Crippen LogP contribution in [-0.2, 0) is 43.8 Å². The highest BCUT2D eigenvalue weighted by atomic mass is 32.2. The molecule has 0 radical (unpaired) electrons. The largest absolute Gasteiger partial charge is 0.457 e. The molecule has 45 heavy (non-hydrogen) atoms. The number of ether oxygens (including phenoxy) is 2. The molecular weight excluding hydrogens is 636 g/mol. The third kappa shape index (κ3) is 9.33. The molecule has 19 heteroatoms. The zero-order valence-electron chi connectivity index (χ0n) is 26.2. The van der Waals surface area contributed by atoms with Crippen molar-refractivity contribution >= 4 is 62.3 Å². The maximum Gasteiger partial charge on any atom is 0.413 e. The molecule has 3 N–H and O–H groups in total.